The van der Waals surface area contributed by atoms with Crippen LogP contribution < -0.4 is 5.73 Å². The van der Waals surface area contributed by atoms with E-state index in [4.69, 9.17) is 10.8 Å². The van der Waals surface area contributed by atoms with Crippen molar-refractivity contribution in [3.63, 3.8) is 0 Å². The Bertz CT molecular complexity index is 565. The normalized spacial score (nSPS) is 12.8. The largest absolute Gasteiger partial charge is 0.328 e. The van der Waals surface area contributed by atoms with Gasteiger partial charge in [0, 0.05) is 25.0 Å². The third-order valence-corrected chi connectivity index (χ3v) is 3.53. The molecule has 0 aliphatic heterocycles. The molecule has 0 fully saturated rings. The van der Waals surface area contributed by atoms with Crippen LogP contribution in [0.1, 0.15) is 43.4 Å². The average Bonchev–Trinajstić information content (AvgIpc) is 2.93. The van der Waals surface area contributed by atoms with E-state index >= 15 is 0 Å². The molecule has 5 heteroatoms. The Kier molecular flexibility index (Phi) is 4.60. The summed E-state index contributed by atoms with van der Waals surface area (Å²) in [7, 11) is 1.94. The number of nitrogens with zero attached hydrogens (tertiary/aromatic N) is 4. The molecule has 5 nitrogen and oxygen atoms in total. The fourth-order valence-corrected chi connectivity index (χ4v) is 2.66. The van der Waals surface area contributed by atoms with Crippen LogP contribution in [0, 0.1) is 0 Å². The highest BCUT2D eigenvalue weighted by Crippen LogP contribution is 2.19. The minimum absolute atomic E-state index is 0.165. The molecule has 2 rings (SSSR count). The second kappa shape index (κ2) is 6.22. The Labute approximate surface area is 120 Å². The zero-order valence-electron chi connectivity index (χ0n) is 12.9. The van der Waals surface area contributed by atoms with Crippen molar-refractivity contribution in [1.82, 2.24) is 19.6 Å². The Hall–Kier alpha value is -1.62. The van der Waals surface area contributed by atoms with E-state index in [1.165, 1.54) is 17.0 Å². The highest BCUT2D eigenvalue weighted by atomic mass is 15.3. The topological polar surface area (TPSA) is 61.7 Å². The van der Waals surface area contributed by atoms with E-state index in [0.717, 1.165) is 31.5 Å². The summed E-state index contributed by atoms with van der Waals surface area (Å²) in [6, 6.07) is 2.20. The molecule has 0 aliphatic carbocycles. The summed E-state index contributed by atoms with van der Waals surface area (Å²) < 4.78 is 3.92. The van der Waals surface area contributed by atoms with Gasteiger partial charge in [0.1, 0.15) is 0 Å². The Morgan fingerprint density at radius 1 is 1.25 bits per heavy atom. The second-order valence-corrected chi connectivity index (χ2v) is 5.40. The van der Waals surface area contributed by atoms with Gasteiger partial charge in [-0.15, -0.1) is 0 Å². The van der Waals surface area contributed by atoms with Crippen LogP contribution >= 0.6 is 0 Å². The molecule has 2 aromatic heterocycles. The molecule has 1 unspecified atom stereocenters. The predicted molar refractivity (Wildman–Crippen MR) is 80.6 cm³/mol. The maximum atomic E-state index is 5.98. The molecule has 2 heterocycles. The standard InChI is InChI=1S/C15H25N5/c1-5-14-13(9-11(3)16)15(6-2)20(18-14)10-12-7-8-19(4)17-12/h7-8,11H,5-6,9-10,16H2,1-4H3. The first-order valence-electron chi connectivity index (χ1n) is 7.36. The Morgan fingerprint density at radius 2 is 2.00 bits per heavy atom. The van der Waals surface area contributed by atoms with Crippen LogP contribution in [0.15, 0.2) is 12.3 Å². The lowest BCUT2D eigenvalue weighted by Crippen LogP contribution is -2.19. The number of rotatable bonds is 6. The molecule has 0 saturated carbocycles. The maximum Gasteiger partial charge on any atom is 0.0853 e. The first-order chi connectivity index (χ1) is 9.55. The van der Waals surface area contributed by atoms with Crippen LogP contribution in [0.3, 0.4) is 0 Å². The van der Waals surface area contributed by atoms with E-state index in [2.05, 4.69) is 30.6 Å². The quantitative estimate of drug-likeness (QED) is 0.872. The molecular weight excluding hydrogens is 250 g/mol. The molecular formula is C15H25N5. The lowest BCUT2D eigenvalue weighted by molar-refractivity contribution is 0.614. The van der Waals surface area contributed by atoms with Crippen molar-refractivity contribution in [2.75, 3.05) is 0 Å². The summed E-state index contributed by atoms with van der Waals surface area (Å²) in [5, 5.41) is 9.21. The van der Waals surface area contributed by atoms with Crippen molar-refractivity contribution in [3.05, 3.63) is 34.9 Å². The van der Waals surface area contributed by atoms with Crippen LogP contribution in [0.2, 0.25) is 0 Å². The van der Waals surface area contributed by atoms with E-state index in [9.17, 15) is 0 Å². The van der Waals surface area contributed by atoms with Crippen molar-refractivity contribution in [2.45, 2.75) is 52.6 Å². The van der Waals surface area contributed by atoms with Gasteiger partial charge in [0.25, 0.3) is 0 Å². The van der Waals surface area contributed by atoms with Gasteiger partial charge in [0.05, 0.1) is 17.9 Å². The van der Waals surface area contributed by atoms with Crippen molar-refractivity contribution in [1.29, 1.82) is 0 Å². The third kappa shape index (κ3) is 3.10. The highest BCUT2D eigenvalue weighted by Gasteiger charge is 2.17. The maximum absolute atomic E-state index is 5.98. The van der Waals surface area contributed by atoms with Crippen molar-refractivity contribution < 1.29 is 0 Å². The zero-order chi connectivity index (χ0) is 14.7. The van der Waals surface area contributed by atoms with Gasteiger partial charge >= 0.3 is 0 Å². The number of aryl methyl sites for hydroxylation is 2. The van der Waals surface area contributed by atoms with Crippen LogP contribution in [-0.4, -0.2) is 25.6 Å². The minimum Gasteiger partial charge on any atom is -0.328 e. The van der Waals surface area contributed by atoms with E-state index in [-0.39, 0.29) is 6.04 Å². The summed E-state index contributed by atoms with van der Waals surface area (Å²) in [5.41, 5.74) is 10.8. The molecule has 0 amide bonds. The van der Waals surface area contributed by atoms with E-state index in [1.807, 2.05) is 24.0 Å². The SMILES string of the molecule is CCc1nn(Cc2ccn(C)n2)c(CC)c1CC(C)N. The van der Waals surface area contributed by atoms with E-state index in [1.54, 1.807) is 0 Å². The fraction of sp³-hybridized carbons (Fsp3) is 0.600. The Balaban J connectivity index is 2.34. The molecule has 1 atom stereocenters. The lowest BCUT2D eigenvalue weighted by Gasteiger charge is -2.09. The molecule has 110 valence electrons. The molecule has 0 saturated heterocycles. The number of hydrogen-bond donors (Lipinski definition) is 1. The van der Waals surface area contributed by atoms with Gasteiger partial charge in [0.15, 0.2) is 0 Å². The molecule has 0 aliphatic rings. The monoisotopic (exact) mass is 275 g/mol. The molecule has 0 spiro atoms. The van der Waals surface area contributed by atoms with Gasteiger partial charge in [-0.1, -0.05) is 13.8 Å². The smallest absolute Gasteiger partial charge is 0.0853 e. The van der Waals surface area contributed by atoms with Crippen LogP contribution in [0.25, 0.3) is 0 Å². The van der Waals surface area contributed by atoms with Crippen LogP contribution in [0.4, 0.5) is 0 Å². The Morgan fingerprint density at radius 3 is 2.50 bits per heavy atom. The summed E-state index contributed by atoms with van der Waals surface area (Å²) >= 11 is 0. The molecule has 0 radical (unpaired) electrons. The molecule has 2 N–H and O–H groups in total. The van der Waals surface area contributed by atoms with Gasteiger partial charge in [-0.2, -0.15) is 10.2 Å². The van der Waals surface area contributed by atoms with Gasteiger partial charge < -0.3 is 5.73 Å². The van der Waals surface area contributed by atoms with Crippen LogP contribution in [-0.2, 0) is 32.9 Å². The predicted octanol–water partition coefficient (Wildman–Crippen LogP) is 1.68. The summed E-state index contributed by atoms with van der Waals surface area (Å²) in [4.78, 5) is 0. The summed E-state index contributed by atoms with van der Waals surface area (Å²) in [5.74, 6) is 0. The lowest BCUT2D eigenvalue weighted by atomic mass is 10.0. The number of nitrogens with two attached hydrogens (primary N) is 1. The van der Waals surface area contributed by atoms with Crippen molar-refractivity contribution in [2.24, 2.45) is 12.8 Å². The average molecular weight is 275 g/mol. The van der Waals surface area contributed by atoms with Crippen molar-refractivity contribution >= 4 is 0 Å². The molecule has 0 bridgehead atoms. The van der Waals surface area contributed by atoms with E-state index < -0.39 is 0 Å². The number of hydrogen-bond acceptors (Lipinski definition) is 3. The third-order valence-electron chi connectivity index (χ3n) is 3.53. The first-order valence-corrected chi connectivity index (χ1v) is 7.36. The first kappa shape index (κ1) is 14.8. The highest BCUT2D eigenvalue weighted by molar-refractivity contribution is 5.28. The van der Waals surface area contributed by atoms with Gasteiger partial charge in [-0.25, -0.2) is 0 Å². The fourth-order valence-electron chi connectivity index (χ4n) is 2.66. The van der Waals surface area contributed by atoms with Crippen LogP contribution in [0.5, 0.6) is 0 Å². The minimum atomic E-state index is 0.165. The van der Waals surface area contributed by atoms with E-state index in [0.29, 0.717) is 0 Å². The summed E-state index contributed by atoms with van der Waals surface area (Å²) in [6.45, 7) is 7.11. The van der Waals surface area contributed by atoms with Gasteiger partial charge in [-0.05, 0) is 37.8 Å². The molecule has 2 aromatic rings. The van der Waals surface area contributed by atoms with Crippen molar-refractivity contribution in [3.8, 4) is 0 Å². The molecule has 0 aromatic carbocycles. The molecule has 20 heavy (non-hydrogen) atoms. The zero-order valence-corrected chi connectivity index (χ0v) is 12.9. The summed E-state index contributed by atoms with van der Waals surface area (Å²) in [6.07, 6.45) is 4.79. The number of aromatic nitrogens is 4. The van der Waals surface area contributed by atoms with Gasteiger partial charge in [0.2, 0.25) is 0 Å². The second-order valence-electron chi connectivity index (χ2n) is 5.40. The van der Waals surface area contributed by atoms with Gasteiger partial charge in [-0.3, -0.25) is 9.36 Å².